The smallest absolute Gasteiger partial charge is 0.248 e. The molecule has 4 nitrogen and oxygen atoms in total. The summed E-state index contributed by atoms with van der Waals surface area (Å²) in [6, 6.07) is 7.68. The lowest BCUT2D eigenvalue weighted by atomic mass is 9.63. The van der Waals surface area contributed by atoms with Crippen LogP contribution in [0.1, 0.15) is 35.2 Å². The van der Waals surface area contributed by atoms with E-state index in [9.17, 15) is 4.79 Å². The van der Waals surface area contributed by atoms with Gasteiger partial charge >= 0.3 is 0 Å². The molecule has 1 heterocycles. The van der Waals surface area contributed by atoms with E-state index in [-0.39, 0.29) is 23.9 Å². The predicted molar refractivity (Wildman–Crippen MR) is 84.6 cm³/mol. The highest BCUT2D eigenvalue weighted by atomic mass is 35.5. The summed E-state index contributed by atoms with van der Waals surface area (Å²) in [4.78, 5) is 11.4. The molecule has 1 aromatic carbocycles. The number of primary amides is 1. The second-order valence-corrected chi connectivity index (χ2v) is 5.93. The Balaban J connectivity index is 0.00000161. The van der Waals surface area contributed by atoms with Crippen LogP contribution in [0.25, 0.3) is 0 Å². The van der Waals surface area contributed by atoms with Crippen molar-refractivity contribution < 1.29 is 9.53 Å². The van der Waals surface area contributed by atoms with Gasteiger partial charge in [-0.05, 0) is 30.5 Å². The number of hydrogen-bond donors (Lipinski definition) is 2. The molecule has 1 aromatic rings. The molecule has 1 saturated heterocycles. The zero-order valence-corrected chi connectivity index (χ0v) is 13.1. The van der Waals surface area contributed by atoms with Crippen LogP contribution in [0.2, 0.25) is 0 Å². The number of nitrogens with one attached hydrogen (secondary N) is 1. The molecule has 0 spiro atoms. The van der Waals surface area contributed by atoms with Crippen LogP contribution in [-0.4, -0.2) is 26.1 Å². The Morgan fingerprint density at radius 1 is 1.33 bits per heavy atom. The van der Waals surface area contributed by atoms with Gasteiger partial charge in [0.1, 0.15) is 5.60 Å². The van der Waals surface area contributed by atoms with Gasteiger partial charge in [-0.2, -0.15) is 0 Å². The SMILES string of the molecule is CO[C@@]1(c2cccc(C(N)=O)c2)[C@@H]2CCC[C@H]1CNC2.Cl. The first-order valence-electron chi connectivity index (χ1n) is 7.34. The van der Waals surface area contributed by atoms with Crippen LogP contribution in [0.15, 0.2) is 24.3 Å². The quantitative estimate of drug-likeness (QED) is 0.898. The topological polar surface area (TPSA) is 64.3 Å². The fourth-order valence-electron chi connectivity index (χ4n) is 4.15. The van der Waals surface area contributed by atoms with Crippen LogP contribution in [-0.2, 0) is 10.3 Å². The predicted octanol–water partition coefficient (Wildman–Crippen LogP) is 2.07. The van der Waals surface area contributed by atoms with E-state index < -0.39 is 0 Å². The summed E-state index contributed by atoms with van der Waals surface area (Å²) in [5.41, 5.74) is 6.82. The third-order valence-corrected chi connectivity index (χ3v) is 5.04. The number of rotatable bonds is 3. The highest BCUT2D eigenvalue weighted by Crippen LogP contribution is 2.49. The van der Waals surface area contributed by atoms with Gasteiger partial charge in [0.05, 0.1) is 0 Å². The molecule has 3 rings (SSSR count). The van der Waals surface area contributed by atoms with Gasteiger partial charge in [-0.3, -0.25) is 4.79 Å². The Hall–Kier alpha value is -1.10. The van der Waals surface area contributed by atoms with Crippen LogP contribution in [0.3, 0.4) is 0 Å². The highest BCUT2D eigenvalue weighted by Gasteiger charge is 2.51. The summed E-state index contributed by atoms with van der Waals surface area (Å²) in [6.07, 6.45) is 3.59. The van der Waals surface area contributed by atoms with Crippen molar-refractivity contribution in [1.29, 1.82) is 0 Å². The molecular weight excluding hydrogens is 288 g/mol. The molecular formula is C16H23ClN2O2. The van der Waals surface area contributed by atoms with Crippen LogP contribution in [0, 0.1) is 11.8 Å². The first-order valence-corrected chi connectivity index (χ1v) is 7.34. The van der Waals surface area contributed by atoms with Crippen molar-refractivity contribution in [2.75, 3.05) is 20.2 Å². The molecule has 5 heteroatoms. The molecule has 116 valence electrons. The highest BCUT2D eigenvalue weighted by molar-refractivity contribution is 5.92. The van der Waals surface area contributed by atoms with E-state index in [2.05, 4.69) is 11.4 Å². The molecule has 1 aliphatic carbocycles. The number of nitrogens with two attached hydrogens (primary N) is 1. The fraction of sp³-hybridized carbons (Fsp3) is 0.562. The van der Waals surface area contributed by atoms with E-state index in [4.69, 9.17) is 10.5 Å². The van der Waals surface area contributed by atoms with E-state index >= 15 is 0 Å². The molecule has 3 N–H and O–H groups in total. The van der Waals surface area contributed by atoms with Crippen molar-refractivity contribution in [2.24, 2.45) is 17.6 Å². The van der Waals surface area contributed by atoms with Crippen LogP contribution < -0.4 is 11.1 Å². The molecule has 0 aromatic heterocycles. The maximum atomic E-state index is 11.4. The minimum Gasteiger partial charge on any atom is -0.373 e. The average molecular weight is 311 g/mol. The van der Waals surface area contributed by atoms with Crippen LogP contribution in [0.4, 0.5) is 0 Å². The van der Waals surface area contributed by atoms with Crippen molar-refractivity contribution in [3.63, 3.8) is 0 Å². The molecule has 21 heavy (non-hydrogen) atoms. The fourth-order valence-corrected chi connectivity index (χ4v) is 4.15. The minimum absolute atomic E-state index is 0. The van der Waals surface area contributed by atoms with E-state index in [1.54, 1.807) is 13.2 Å². The zero-order valence-electron chi connectivity index (χ0n) is 12.3. The van der Waals surface area contributed by atoms with E-state index in [1.807, 2.05) is 12.1 Å². The largest absolute Gasteiger partial charge is 0.373 e. The molecule has 1 aliphatic heterocycles. The Labute approximate surface area is 131 Å². The van der Waals surface area contributed by atoms with Crippen molar-refractivity contribution in [3.05, 3.63) is 35.4 Å². The molecule has 2 aliphatic rings. The molecule has 2 fully saturated rings. The Bertz CT molecular complexity index is 499. The van der Waals surface area contributed by atoms with E-state index in [0.717, 1.165) is 31.5 Å². The average Bonchev–Trinajstić information content (AvgIpc) is 2.46. The molecule has 1 amide bonds. The lowest BCUT2D eigenvalue weighted by molar-refractivity contribution is -0.144. The van der Waals surface area contributed by atoms with Gasteiger partial charge in [0, 0.05) is 37.6 Å². The normalized spacial score (nSPS) is 31.3. The first-order chi connectivity index (χ1) is 9.68. The number of benzene rings is 1. The number of hydrogen-bond acceptors (Lipinski definition) is 3. The number of carbonyl (C=O) groups is 1. The van der Waals surface area contributed by atoms with Crippen LogP contribution >= 0.6 is 12.4 Å². The monoisotopic (exact) mass is 310 g/mol. The minimum atomic E-state index is -0.378. The number of methoxy groups -OCH3 is 1. The summed E-state index contributed by atoms with van der Waals surface area (Å²) >= 11 is 0. The lowest BCUT2D eigenvalue weighted by Crippen LogP contribution is -2.57. The standard InChI is InChI=1S/C16H22N2O2.ClH/c1-20-16(12-5-2-4-11(8-12)15(17)19)13-6-3-7-14(16)10-18-9-13;/h2,4-5,8,13-14,18H,3,6-7,9-10H2,1H3,(H2,17,19);1H/t13-,14+,16+;. The summed E-state index contributed by atoms with van der Waals surface area (Å²) in [7, 11) is 1.80. The second-order valence-electron chi connectivity index (χ2n) is 5.93. The molecule has 0 radical (unpaired) electrons. The van der Waals surface area contributed by atoms with Gasteiger partial charge in [0.15, 0.2) is 0 Å². The van der Waals surface area contributed by atoms with Gasteiger partial charge in [-0.1, -0.05) is 18.6 Å². The summed E-state index contributed by atoms with van der Waals surface area (Å²) in [5, 5.41) is 3.51. The van der Waals surface area contributed by atoms with Gasteiger partial charge in [-0.25, -0.2) is 0 Å². The zero-order chi connectivity index (χ0) is 14.2. The van der Waals surface area contributed by atoms with Crippen molar-refractivity contribution in [2.45, 2.75) is 24.9 Å². The third kappa shape index (κ3) is 2.56. The Morgan fingerprint density at radius 2 is 2.00 bits per heavy atom. The Morgan fingerprint density at radius 3 is 2.57 bits per heavy atom. The van der Waals surface area contributed by atoms with Gasteiger partial charge < -0.3 is 15.8 Å². The third-order valence-electron chi connectivity index (χ3n) is 5.04. The number of ether oxygens (including phenoxy) is 1. The lowest BCUT2D eigenvalue weighted by Gasteiger charge is -2.52. The van der Waals surface area contributed by atoms with E-state index in [1.165, 1.54) is 6.42 Å². The summed E-state index contributed by atoms with van der Waals surface area (Å²) < 4.78 is 6.07. The molecule has 0 unspecified atom stereocenters. The molecule has 3 atom stereocenters. The molecule has 1 saturated carbocycles. The number of piperidine rings is 1. The maximum Gasteiger partial charge on any atom is 0.248 e. The van der Waals surface area contributed by atoms with Crippen LogP contribution in [0.5, 0.6) is 0 Å². The number of halogens is 1. The van der Waals surface area contributed by atoms with Crippen molar-refractivity contribution in [1.82, 2.24) is 5.32 Å². The van der Waals surface area contributed by atoms with Gasteiger partial charge in [-0.15, -0.1) is 12.4 Å². The van der Waals surface area contributed by atoms with Gasteiger partial charge in [0.2, 0.25) is 5.91 Å². The molecule has 2 bridgehead atoms. The number of fused-ring (bicyclic) bond motifs is 2. The Kier molecular flexibility index (Phi) is 4.91. The second kappa shape index (κ2) is 6.34. The van der Waals surface area contributed by atoms with Crippen molar-refractivity contribution >= 4 is 18.3 Å². The number of amides is 1. The summed E-state index contributed by atoms with van der Waals surface area (Å²) in [6.45, 7) is 1.95. The maximum absolute atomic E-state index is 11.4. The van der Waals surface area contributed by atoms with E-state index in [0.29, 0.717) is 17.4 Å². The van der Waals surface area contributed by atoms with Crippen molar-refractivity contribution in [3.8, 4) is 0 Å². The van der Waals surface area contributed by atoms with Gasteiger partial charge in [0.25, 0.3) is 0 Å². The number of carbonyl (C=O) groups excluding carboxylic acids is 1. The first kappa shape index (κ1) is 16.3. The summed E-state index contributed by atoms with van der Waals surface area (Å²) in [5.74, 6) is 0.545.